The second-order valence-corrected chi connectivity index (χ2v) is 21.6. The van der Waals surface area contributed by atoms with E-state index in [9.17, 15) is 0 Å². The van der Waals surface area contributed by atoms with Gasteiger partial charge in [0.1, 0.15) is 5.82 Å². The molecular weight excluding hydrogens is 857 g/mol. The van der Waals surface area contributed by atoms with Gasteiger partial charge in [0.25, 0.3) is 0 Å². The van der Waals surface area contributed by atoms with Crippen molar-refractivity contribution >= 4 is 73.7 Å². The summed E-state index contributed by atoms with van der Waals surface area (Å²) in [5.41, 5.74) is 21.5. The van der Waals surface area contributed by atoms with E-state index < -0.39 is 0 Å². The van der Waals surface area contributed by atoms with Crippen LogP contribution in [-0.2, 0) is 12.8 Å². The number of benzene rings is 5. The van der Waals surface area contributed by atoms with Crippen molar-refractivity contribution in [3.8, 4) is 5.69 Å². The van der Waals surface area contributed by atoms with E-state index in [0.717, 1.165) is 82.9 Å². The topological polar surface area (TPSA) is 17.8 Å². The first-order valence-electron chi connectivity index (χ1n) is 27.3. The molecule has 13 rings (SSSR count). The molecule has 7 aliphatic rings. The second kappa shape index (κ2) is 18.4. The molecule has 0 fully saturated rings. The molecule has 5 aromatic carbocycles. The van der Waals surface area contributed by atoms with Gasteiger partial charge in [-0.3, -0.25) is 4.57 Å². The smallest absolute Gasteiger partial charge is 0.140 e. The minimum Gasteiger partial charge on any atom is -0.297 e. The van der Waals surface area contributed by atoms with Crippen molar-refractivity contribution in [3.63, 3.8) is 0 Å². The summed E-state index contributed by atoms with van der Waals surface area (Å²) in [5, 5.41) is 11.4. The van der Waals surface area contributed by atoms with Gasteiger partial charge in [-0.05, 0) is 231 Å². The van der Waals surface area contributed by atoms with Gasteiger partial charge in [0, 0.05) is 11.4 Å². The average molecular weight is 923 g/mol. The highest BCUT2D eigenvalue weighted by atomic mass is 15.1. The fourth-order valence-corrected chi connectivity index (χ4v) is 13.8. The summed E-state index contributed by atoms with van der Waals surface area (Å²) in [4.78, 5) is 5.37. The maximum Gasteiger partial charge on any atom is 0.140 e. The van der Waals surface area contributed by atoms with Gasteiger partial charge in [-0.25, -0.2) is 4.98 Å². The molecule has 0 bridgehead atoms. The van der Waals surface area contributed by atoms with Gasteiger partial charge in [-0.2, -0.15) is 0 Å². The number of aromatic nitrogens is 2. The zero-order chi connectivity index (χ0) is 47.6. The van der Waals surface area contributed by atoms with Crippen molar-refractivity contribution in [2.75, 3.05) is 0 Å². The Bertz CT molecular complexity index is 3750. The minimum absolute atomic E-state index is 0.508. The van der Waals surface area contributed by atoms with E-state index in [1.54, 1.807) is 0 Å². The number of para-hydroxylation sites is 1. The fourth-order valence-electron chi connectivity index (χ4n) is 13.8. The van der Waals surface area contributed by atoms with E-state index in [1.165, 1.54) is 146 Å². The Kier molecular flexibility index (Phi) is 11.5. The minimum atomic E-state index is 0.508. The number of aryl methyl sites for hydroxylation is 1. The highest BCUT2D eigenvalue weighted by Crippen LogP contribution is 2.44. The SMILES string of the molecule is CC/C(=C\C1=CC=C(C)CC1C)c1c2c(c(C3=CC4=CC=C(c5c6c(c(C7=CC=C(c8nc9c(n8-c8ccccc8)CCCC9)CC7)c7ccccc57)=CCCC=6)CC4CC3)c3ccccc13)=CCCC=2. The summed E-state index contributed by atoms with van der Waals surface area (Å²) < 4.78 is 2.48. The summed E-state index contributed by atoms with van der Waals surface area (Å²) in [7, 11) is 0. The number of hydrogen-bond donors (Lipinski definition) is 0. The summed E-state index contributed by atoms with van der Waals surface area (Å²) in [6.07, 6.45) is 46.5. The third-order valence-electron chi connectivity index (χ3n) is 17.2. The van der Waals surface area contributed by atoms with E-state index in [4.69, 9.17) is 4.98 Å². The van der Waals surface area contributed by atoms with E-state index >= 15 is 0 Å². The number of hydrogen-bond acceptors (Lipinski definition) is 1. The van der Waals surface area contributed by atoms with Crippen LogP contribution < -0.4 is 20.9 Å². The highest BCUT2D eigenvalue weighted by molar-refractivity contribution is 6.04. The first-order chi connectivity index (χ1) is 35.0. The van der Waals surface area contributed by atoms with Gasteiger partial charge >= 0.3 is 0 Å². The number of nitrogens with zero attached hydrogens (tertiary/aromatic N) is 2. The van der Waals surface area contributed by atoms with Crippen LogP contribution in [0.4, 0.5) is 0 Å². The highest BCUT2D eigenvalue weighted by Gasteiger charge is 2.30. The molecule has 0 saturated carbocycles. The lowest BCUT2D eigenvalue weighted by atomic mass is 9.73. The van der Waals surface area contributed by atoms with Crippen LogP contribution in [0.1, 0.15) is 144 Å². The number of imidazole rings is 1. The van der Waals surface area contributed by atoms with Crippen molar-refractivity contribution in [2.45, 2.75) is 117 Å². The third kappa shape index (κ3) is 7.72. The number of rotatable bonds is 8. The standard InChI is InChI=1S/C69H66N2/c1-4-46(41-49-31-30-44(2)40-45(49)3)65-55-20-8-12-24-59(55)67(60-25-13-9-21-56(60)65)52-38-36-51-43-53(39-37-50(51)42-52)68-61-26-14-10-22-57(61)66(58-23-11-15-27-62(58)68)47-32-34-48(35-33-47)69-70-63-28-16-17-29-64(63)71(69)54-18-6-5-7-19-54/h5-8,10,12,14,18-27,30-32,34,37,39,41-42,45,51H,4,9,11,13,15-17,28-29,33,35-36,38,40,43H2,1-3H3/b46-41+. The Labute approximate surface area is 420 Å². The molecule has 0 N–H and O–H groups in total. The Morgan fingerprint density at radius 3 is 1.90 bits per heavy atom. The third-order valence-corrected chi connectivity index (χ3v) is 17.2. The Morgan fingerprint density at radius 1 is 0.592 bits per heavy atom. The molecule has 0 aliphatic heterocycles. The lowest BCUT2D eigenvalue weighted by Gasteiger charge is -2.31. The van der Waals surface area contributed by atoms with Gasteiger partial charge in [-0.15, -0.1) is 0 Å². The molecule has 6 aromatic rings. The lowest BCUT2D eigenvalue weighted by Crippen LogP contribution is -2.35. The van der Waals surface area contributed by atoms with Crippen LogP contribution in [0.3, 0.4) is 0 Å². The second-order valence-electron chi connectivity index (χ2n) is 21.6. The van der Waals surface area contributed by atoms with E-state index in [0.29, 0.717) is 11.8 Å². The molecule has 7 aliphatic carbocycles. The van der Waals surface area contributed by atoms with Crippen molar-refractivity contribution in [2.24, 2.45) is 11.8 Å². The molecule has 352 valence electrons. The van der Waals surface area contributed by atoms with Gasteiger partial charge in [-0.1, -0.05) is 159 Å². The van der Waals surface area contributed by atoms with Crippen molar-refractivity contribution in [1.82, 2.24) is 9.55 Å². The van der Waals surface area contributed by atoms with E-state index in [-0.39, 0.29) is 0 Å². The predicted octanol–water partition coefficient (Wildman–Crippen LogP) is 14.9. The maximum atomic E-state index is 5.37. The van der Waals surface area contributed by atoms with Gasteiger partial charge in [0.05, 0.1) is 5.69 Å². The van der Waals surface area contributed by atoms with Crippen LogP contribution in [-0.4, -0.2) is 9.55 Å². The summed E-state index contributed by atoms with van der Waals surface area (Å²) >= 11 is 0. The zero-order valence-electron chi connectivity index (χ0n) is 42.1. The summed E-state index contributed by atoms with van der Waals surface area (Å²) in [6.45, 7) is 7.01. The number of allylic oxidation sites excluding steroid dienone is 16. The molecule has 1 heterocycles. The summed E-state index contributed by atoms with van der Waals surface area (Å²) in [5.74, 6) is 2.19. The van der Waals surface area contributed by atoms with Gasteiger partial charge in [0.15, 0.2) is 0 Å². The predicted molar refractivity (Wildman–Crippen MR) is 303 cm³/mol. The Balaban J connectivity index is 0.890. The Hall–Kier alpha value is -6.77. The molecule has 0 spiro atoms. The van der Waals surface area contributed by atoms with Crippen molar-refractivity contribution in [1.29, 1.82) is 0 Å². The van der Waals surface area contributed by atoms with Crippen LogP contribution in [0.5, 0.6) is 0 Å². The molecular formula is C69H66N2. The van der Waals surface area contributed by atoms with Crippen molar-refractivity contribution in [3.05, 3.63) is 205 Å². The van der Waals surface area contributed by atoms with E-state index in [1.807, 2.05) is 0 Å². The number of fused-ring (bicyclic) bond motifs is 6. The van der Waals surface area contributed by atoms with Crippen LogP contribution in [0, 0.1) is 11.8 Å². The molecule has 71 heavy (non-hydrogen) atoms. The molecule has 0 amide bonds. The quantitative estimate of drug-likeness (QED) is 0.149. The molecule has 0 saturated heterocycles. The molecule has 2 unspecified atom stereocenters. The largest absolute Gasteiger partial charge is 0.297 e. The van der Waals surface area contributed by atoms with Crippen LogP contribution >= 0.6 is 0 Å². The maximum absolute atomic E-state index is 5.37. The molecule has 2 nitrogen and oxygen atoms in total. The van der Waals surface area contributed by atoms with Crippen LogP contribution in [0.25, 0.3) is 79.4 Å². The average Bonchev–Trinajstić information content (AvgIpc) is 3.81. The summed E-state index contributed by atoms with van der Waals surface area (Å²) in [6, 6.07) is 29.6. The van der Waals surface area contributed by atoms with E-state index in [2.05, 4.69) is 177 Å². The van der Waals surface area contributed by atoms with Crippen LogP contribution in [0.2, 0.25) is 0 Å². The fraction of sp³-hybridized carbons (Fsp3) is 0.290. The first-order valence-corrected chi connectivity index (χ1v) is 27.3. The van der Waals surface area contributed by atoms with Crippen LogP contribution in [0.15, 0.2) is 144 Å². The molecule has 0 radical (unpaired) electrons. The molecule has 2 atom stereocenters. The Morgan fingerprint density at radius 2 is 1.20 bits per heavy atom. The lowest BCUT2D eigenvalue weighted by molar-refractivity contribution is 0.579. The van der Waals surface area contributed by atoms with Gasteiger partial charge in [0.2, 0.25) is 0 Å². The van der Waals surface area contributed by atoms with Gasteiger partial charge < -0.3 is 0 Å². The normalized spacial score (nSPS) is 20.7. The zero-order valence-corrected chi connectivity index (χ0v) is 42.1. The molecule has 2 heteroatoms. The molecule has 1 aromatic heterocycles. The first kappa shape index (κ1) is 44.2. The van der Waals surface area contributed by atoms with Crippen molar-refractivity contribution < 1.29 is 0 Å². The monoisotopic (exact) mass is 923 g/mol.